The summed E-state index contributed by atoms with van der Waals surface area (Å²) in [5.41, 5.74) is 0.276. The highest BCUT2D eigenvalue weighted by molar-refractivity contribution is 5.81. The van der Waals surface area contributed by atoms with Crippen LogP contribution in [0.3, 0.4) is 0 Å². The number of cyclic esters (lactones) is 1. The summed E-state index contributed by atoms with van der Waals surface area (Å²) in [6, 6.07) is 4.55. The van der Waals surface area contributed by atoms with E-state index in [9.17, 15) is 18.4 Å². The Balaban J connectivity index is 1.20. The number of rotatable bonds is 6. The first kappa shape index (κ1) is 19.9. The quantitative estimate of drug-likeness (QED) is 0.786. The molecule has 3 fully saturated rings. The Bertz CT molecular complexity index is 774. The number of hydrogen-bond acceptors (Lipinski definition) is 4. The third-order valence-corrected chi connectivity index (χ3v) is 6.25. The molecular formula is C21H26F2N2O4. The van der Waals surface area contributed by atoms with E-state index in [0.29, 0.717) is 44.7 Å². The number of hydrogen-bond donors (Lipinski definition) is 1. The van der Waals surface area contributed by atoms with Crippen LogP contribution in [0.4, 0.5) is 13.6 Å². The molecule has 0 bridgehead atoms. The molecule has 4 rings (SSSR count). The van der Waals surface area contributed by atoms with E-state index < -0.39 is 18.6 Å². The molecule has 2 amide bonds. The van der Waals surface area contributed by atoms with Gasteiger partial charge in [0, 0.05) is 25.4 Å². The summed E-state index contributed by atoms with van der Waals surface area (Å²) in [4.78, 5) is 25.8. The Hall–Kier alpha value is -2.38. The predicted octanol–water partition coefficient (Wildman–Crippen LogP) is 2.84. The second kappa shape index (κ2) is 8.16. The number of nitrogens with one attached hydrogen (secondary N) is 1. The lowest BCUT2D eigenvalue weighted by atomic mass is 9.68. The fourth-order valence-corrected chi connectivity index (χ4v) is 4.48. The van der Waals surface area contributed by atoms with Crippen molar-refractivity contribution in [3.05, 3.63) is 29.6 Å². The SMILES string of the molecule is O=C1NC2(CO1)CC(C(=O)N1CCC(COc3ccc(CCF)cc3F)CC1)C2. The number of alkyl halides is 1. The van der Waals surface area contributed by atoms with Crippen molar-refractivity contribution in [1.29, 1.82) is 0 Å². The Kier molecular flexibility index (Phi) is 5.61. The summed E-state index contributed by atoms with van der Waals surface area (Å²) in [5.74, 6) is 0.0729. The van der Waals surface area contributed by atoms with Gasteiger partial charge in [-0.1, -0.05) is 6.07 Å². The topological polar surface area (TPSA) is 67.9 Å². The summed E-state index contributed by atoms with van der Waals surface area (Å²) < 4.78 is 37.0. The second-order valence-electron chi connectivity index (χ2n) is 8.37. The fourth-order valence-electron chi connectivity index (χ4n) is 4.48. The summed E-state index contributed by atoms with van der Waals surface area (Å²) >= 11 is 0. The van der Waals surface area contributed by atoms with Gasteiger partial charge in [0.15, 0.2) is 11.6 Å². The zero-order valence-electron chi connectivity index (χ0n) is 16.3. The van der Waals surface area contributed by atoms with Gasteiger partial charge in [0.05, 0.1) is 18.8 Å². The predicted molar refractivity (Wildman–Crippen MR) is 101 cm³/mol. The molecule has 158 valence electrons. The molecule has 1 saturated carbocycles. The molecule has 0 radical (unpaired) electrons. The van der Waals surface area contributed by atoms with Crippen molar-refractivity contribution in [2.75, 3.05) is 33.0 Å². The van der Waals surface area contributed by atoms with Gasteiger partial charge in [-0.15, -0.1) is 0 Å². The number of carbonyl (C=O) groups is 2. The van der Waals surface area contributed by atoms with Crippen LogP contribution >= 0.6 is 0 Å². The van der Waals surface area contributed by atoms with Crippen LogP contribution in [0.15, 0.2) is 18.2 Å². The van der Waals surface area contributed by atoms with Gasteiger partial charge in [-0.05, 0) is 49.3 Å². The Morgan fingerprint density at radius 3 is 2.69 bits per heavy atom. The van der Waals surface area contributed by atoms with Crippen molar-refractivity contribution in [1.82, 2.24) is 10.2 Å². The standard InChI is InChI=1S/C21H26F2N2O4/c22-6-3-14-1-2-18(17(23)9-14)28-12-15-4-7-25(8-5-15)19(26)16-10-21(11-16)13-29-20(27)24-21/h1-2,9,15-16H,3-8,10-13H2,(H,24,27). The van der Waals surface area contributed by atoms with Crippen molar-refractivity contribution >= 4 is 12.0 Å². The lowest BCUT2D eigenvalue weighted by molar-refractivity contribution is -0.142. The number of halogens is 2. The number of benzene rings is 1. The molecule has 6 nitrogen and oxygen atoms in total. The van der Waals surface area contributed by atoms with E-state index in [1.807, 2.05) is 4.90 Å². The summed E-state index contributed by atoms with van der Waals surface area (Å²) in [7, 11) is 0. The number of piperidine rings is 1. The first-order chi connectivity index (χ1) is 14.0. The van der Waals surface area contributed by atoms with Crippen molar-refractivity contribution in [2.24, 2.45) is 11.8 Å². The maximum atomic E-state index is 14.0. The average molecular weight is 408 g/mol. The van der Waals surface area contributed by atoms with Crippen LogP contribution in [-0.2, 0) is 16.0 Å². The lowest BCUT2D eigenvalue weighted by Crippen LogP contribution is -2.58. The molecule has 0 aromatic heterocycles. The van der Waals surface area contributed by atoms with Crippen LogP contribution in [0.1, 0.15) is 31.2 Å². The van der Waals surface area contributed by atoms with Crippen LogP contribution in [0.2, 0.25) is 0 Å². The van der Waals surface area contributed by atoms with Gasteiger partial charge in [-0.25, -0.2) is 9.18 Å². The molecule has 2 heterocycles. The molecule has 1 aliphatic carbocycles. The van der Waals surface area contributed by atoms with E-state index in [1.54, 1.807) is 12.1 Å². The van der Waals surface area contributed by atoms with Gasteiger partial charge in [0.25, 0.3) is 0 Å². The van der Waals surface area contributed by atoms with Gasteiger partial charge in [-0.2, -0.15) is 0 Å². The largest absolute Gasteiger partial charge is 0.490 e. The number of alkyl carbamates (subject to hydrolysis) is 1. The van der Waals surface area contributed by atoms with E-state index >= 15 is 0 Å². The number of likely N-dealkylation sites (tertiary alicyclic amines) is 1. The average Bonchev–Trinajstić information content (AvgIpc) is 3.09. The molecular weight excluding hydrogens is 382 g/mol. The maximum absolute atomic E-state index is 14.0. The Labute approximate surface area is 168 Å². The third kappa shape index (κ3) is 4.31. The van der Waals surface area contributed by atoms with Crippen LogP contribution in [-0.4, -0.2) is 55.4 Å². The minimum atomic E-state index is -0.513. The first-order valence-electron chi connectivity index (χ1n) is 10.2. The molecule has 29 heavy (non-hydrogen) atoms. The molecule has 1 aromatic carbocycles. The number of aryl methyl sites for hydroxylation is 1. The highest BCUT2D eigenvalue weighted by Crippen LogP contribution is 2.41. The number of ether oxygens (including phenoxy) is 2. The number of nitrogens with zero attached hydrogens (tertiary/aromatic N) is 1. The normalized spacial score (nSPS) is 26.8. The van der Waals surface area contributed by atoms with E-state index in [1.165, 1.54) is 6.07 Å². The fraction of sp³-hybridized carbons (Fsp3) is 0.619. The van der Waals surface area contributed by atoms with E-state index in [2.05, 4.69) is 5.32 Å². The van der Waals surface area contributed by atoms with E-state index in [-0.39, 0.29) is 35.5 Å². The molecule has 0 atom stereocenters. The van der Waals surface area contributed by atoms with Crippen LogP contribution in [0.5, 0.6) is 5.75 Å². The van der Waals surface area contributed by atoms with Gasteiger partial charge >= 0.3 is 6.09 Å². The number of carbonyl (C=O) groups excluding carboxylic acids is 2. The Morgan fingerprint density at radius 2 is 2.07 bits per heavy atom. The minimum Gasteiger partial charge on any atom is -0.490 e. The van der Waals surface area contributed by atoms with Crippen LogP contribution < -0.4 is 10.1 Å². The molecule has 8 heteroatoms. The monoisotopic (exact) mass is 408 g/mol. The highest BCUT2D eigenvalue weighted by atomic mass is 19.1. The van der Waals surface area contributed by atoms with Crippen molar-refractivity contribution in [3.8, 4) is 5.75 Å². The van der Waals surface area contributed by atoms with Gasteiger partial charge in [-0.3, -0.25) is 9.18 Å². The van der Waals surface area contributed by atoms with Crippen LogP contribution in [0, 0.1) is 17.7 Å². The first-order valence-corrected chi connectivity index (χ1v) is 10.2. The molecule has 2 aliphatic heterocycles. The summed E-state index contributed by atoms with van der Waals surface area (Å²) in [6.07, 6.45) is 2.70. The van der Waals surface area contributed by atoms with E-state index in [4.69, 9.17) is 9.47 Å². The van der Waals surface area contributed by atoms with E-state index in [0.717, 1.165) is 12.8 Å². The molecule has 1 spiro atoms. The molecule has 2 saturated heterocycles. The summed E-state index contributed by atoms with van der Waals surface area (Å²) in [5, 5.41) is 2.81. The van der Waals surface area contributed by atoms with Crippen LogP contribution in [0.25, 0.3) is 0 Å². The smallest absolute Gasteiger partial charge is 0.407 e. The zero-order valence-corrected chi connectivity index (χ0v) is 16.3. The number of amides is 2. The van der Waals surface area contributed by atoms with Gasteiger partial charge in [0.1, 0.15) is 6.61 Å². The molecule has 1 aromatic rings. The zero-order chi connectivity index (χ0) is 20.4. The summed E-state index contributed by atoms with van der Waals surface area (Å²) in [6.45, 7) is 1.56. The molecule has 3 aliphatic rings. The van der Waals surface area contributed by atoms with Gasteiger partial charge < -0.3 is 19.7 Å². The highest BCUT2D eigenvalue weighted by Gasteiger charge is 2.53. The van der Waals surface area contributed by atoms with Crippen molar-refractivity contribution in [2.45, 2.75) is 37.6 Å². The molecule has 1 N–H and O–H groups in total. The van der Waals surface area contributed by atoms with Crippen molar-refractivity contribution in [3.63, 3.8) is 0 Å². The molecule has 0 unspecified atom stereocenters. The van der Waals surface area contributed by atoms with Gasteiger partial charge in [0.2, 0.25) is 5.91 Å². The van der Waals surface area contributed by atoms with Crippen molar-refractivity contribution < 1.29 is 27.8 Å². The third-order valence-electron chi connectivity index (χ3n) is 6.25. The second-order valence-corrected chi connectivity index (χ2v) is 8.37. The lowest BCUT2D eigenvalue weighted by Gasteiger charge is -2.44. The Morgan fingerprint density at radius 1 is 1.31 bits per heavy atom. The maximum Gasteiger partial charge on any atom is 0.407 e. The minimum absolute atomic E-state index is 0.0540.